The van der Waals surface area contributed by atoms with Crippen molar-refractivity contribution in [2.24, 2.45) is 0 Å². The van der Waals surface area contributed by atoms with Gasteiger partial charge in [-0.05, 0) is 37.7 Å². The van der Waals surface area contributed by atoms with Gasteiger partial charge in [0.1, 0.15) is 5.82 Å². The van der Waals surface area contributed by atoms with Crippen LogP contribution in [0.1, 0.15) is 6.42 Å². The van der Waals surface area contributed by atoms with Crippen molar-refractivity contribution < 1.29 is 4.39 Å². The highest BCUT2D eigenvalue weighted by molar-refractivity contribution is 7.99. The molecule has 0 fully saturated rings. The predicted octanol–water partition coefficient (Wildman–Crippen LogP) is 2.42. The van der Waals surface area contributed by atoms with Crippen LogP contribution < -0.4 is 5.32 Å². The van der Waals surface area contributed by atoms with Gasteiger partial charge in [-0.2, -0.15) is 5.26 Å². The average molecular weight is 224 g/mol. The highest BCUT2D eigenvalue weighted by Gasteiger charge is 2.03. The van der Waals surface area contributed by atoms with Crippen LogP contribution in [0, 0.1) is 17.1 Å². The highest BCUT2D eigenvalue weighted by atomic mass is 32.2. The fraction of sp³-hybridized carbons (Fsp3) is 0.364. The topological polar surface area (TPSA) is 35.8 Å². The minimum absolute atomic E-state index is 0.0991. The Bertz CT molecular complexity index is 331. The Kier molecular flexibility index (Phi) is 5.16. The van der Waals surface area contributed by atoms with Crippen molar-refractivity contribution in [3.63, 3.8) is 0 Å². The Morgan fingerprint density at radius 1 is 1.47 bits per heavy atom. The molecule has 1 N–H and O–H groups in total. The summed E-state index contributed by atoms with van der Waals surface area (Å²) >= 11 is 1.63. The maximum atomic E-state index is 12.6. The molecule has 1 atom stereocenters. The lowest BCUT2D eigenvalue weighted by molar-refractivity contribution is 0.626. The van der Waals surface area contributed by atoms with Crippen LogP contribution in [0.3, 0.4) is 0 Å². The first-order valence-electron chi connectivity index (χ1n) is 4.71. The molecule has 0 bridgehead atoms. The van der Waals surface area contributed by atoms with Crippen molar-refractivity contribution in [3.05, 3.63) is 30.1 Å². The third kappa shape index (κ3) is 4.32. The summed E-state index contributed by atoms with van der Waals surface area (Å²) in [4.78, 5) is 1.03. The maximum Gasteiger partial charge on any atom is 0.123 e. The molecule has 0 spiro atoms. The number of hydrogen-bond acceptors (Lipinski definition) is 3. The molecule has 0 aliphatic carbocycles. The summed E-state index contributed by atoms with van der Waals surface area (Å²) in [6.45, 7) is 0. The van der Waals surface area contributed by atoms with E-state index in [-0.39, 0.29) is 11.9 Å². The van der Waals surface area contributed by atoms with E-state index in [9.17, 15) is 4.39 Å². The van der Waals surface area contributed by atoms with E-state index in [2.05, 4.69) is 11.4 Å². The van der Waals surface area contributed by atoms with Crippen LogP contribution in [0.25, 0.3) is 0 Å². The van der Waals surface area contributed by atoms with Gasteiger partial charge in [-0.15, -0.1) is 11.8 Å². The number of benzene rings is 1. The number of rotatable bonds is 5. The summed E-state index contributed by atoms with van der Waals surface area (Å²) in [6, 6.07) is 8.46. The zero-order valence-electron chi connectivity index (χ0n) is 8.53. The second kappa shape index (κ2) is 6.44. The Labute approximate surface area is 93.5 Å². The van der Waals surface area contributed by atoms with Crippen molar-refractivity contribution in [1.82, 2.24) is 5.32 Å². The Balaban J connectivity index is 2.32. The molecule has 1 aromatic carbocycles. The summed E-state index contributed by atoms with van der Waals surface area (Å²) in [7, 11) is 1.77. The van der Waals surface area contributed by atoms with Gasteiger partial charge in [0, 0.05) is 10.6 Å². The van der Waals surface area contributed by atoms with E-state index in [4.69, 9.17) is 5.26 Å². The Morgan fingerprint density at radius 2 is 2.13 bits per heavy atom. The Morgan fingerprint density at radius 3 is 2.67 bits per heavy atom. The molecule has 0 heterocycles. The molecule has 0 radical (unpaired) electrons. The molecule has 0 aliphatic heterocycles. The lowest BCUT2D eigenvalue weighted by Crippen LogP contribution is -2.23. The van der Waals surface area contributed by atoms with Crippen LogP contribution in [0.4, 0.5) is 4.39 Å². The van der Waals surface area contributed by atoms with Gasteiger partial charge in [-0.1, -0.05) is 0 Å². The molecule has 1 unspecified atom stereocenters. The van der Waals surface area contributed by atoms with E-state index in [0.29, 0.717) is 0 Å². The molecule has 0 saturated heterocycles. The minimum atomic E-state index is -0.218. The van der Waals surface area contributed by atoms with E-state index in [0.717, 1.165) is 17.1 Å². The van der Waals surface area contributed by atoms with Crippen LogP contribution in [-0.4, -0.2) is 18.8 Å². The summed E-state index contributed by atoms with van der Waals surface area (Å²) in [5.74, 6) is 0.634. The summed E-state index contributed by atoms with van der Waals surface area (Å²) in [6.07, 6.45) is 0.787. The van der Waals surface area contributed by atoms with Gasteiger partial charge in [0.2, 0.25) is 0 Å². The molecule has 1 rings (SSSR count). The molecule has 0 aliphatic rings. The van der Waals surface area contributed by atoms with Crippen LogP contribution in [-0.2, 0) is 0 Å². The van der Waals surface area contributed by atoms with Gasteiger partial charge in [0.25, 0.3) is 0 Å². The monoisotopic (exact) mass is 224 g/mol. The molecule has 0 aromatic heterocycles. The van der Waals surface area contributed by atoms with Crippen molar-refractivity contribution >= 4 is 11.8 Å². The second-order valence-corrected chi connectivity index (χ2v) is 4.23. The molecular formula is C11H13FN2S. The van der Waals surface area contributed by atoms with Crippen LogP contribution in [0.2, 0.25) is 0 Å². The third-order valence-corrected chi connectivity index (χ3v) is 3.04. The van der Waals surface area contributed by atoms with E-state index >= 15 is 0 Å². The van der Waals surface area contributed by atoms with Crippen molar-refractivity contribution in [3.8, 4) is 6.07 Å². The standard InChI is InChI=1S/C11H13FN2S/c1-14-10(8-13)6-7-15-11-4-2-9(12)3-5-11/h2-5,10,14H,6-7H2,1H3. The second-order valence-electron chi connectivity index (χ2n) is 3.06. The first kappa shape index (κ1) is 12.0. The summed E-state index contributed by atoms with van der Waals surface area (Å²) in [5.41, 5.74) is 0. The SMILES string of the molecule is CNC(C#N)CCSc1ccc(F)cc1. The molecule has 15 heavy (non-hydrogen) atoms. The van der Waals surface area contributed by atoms with Gasteiger partial charge in [-0.3, -0.25) is 0 Å². The molecular weight excluding hydrogens is 211 g/mol. The largest absolute Gasteiger partial charge is 0.305 e. The Hall–Kier alpha value is -1.05. The van der Waals surface area contributed by atoms with Crippen molar-refractivity contribution in [2.45, 2.75) is 17.4 Å². The number of hydrogen-bond donors (Lipinski definition) is 1. The van der Waals surface area contributed by atoms with Crippen LogP contribution in [0.5, 0.6) is 0 Å². The molecule has 4 heteroatoms. The maximum absolute atomic E-state index is 12.6. The van der Waals surface area contributed by atoms with Gasteiger partial charge >= 0.3 is 0 Å². The zero-order chi connectivity index (χ0) is 11.1. The van der Waals surface area contributed by atoms with Crippen LogP contribution >= 0.6 is 11.8 Å². The predicted molar refractivity (Wildman–Crippen MR) is 60.2 cm³/mol. The molecule has 0 amide bonds. The quantitative estimate of drug-likeness (QED) is 0.780. The summed E-state index contributed by atoms with van der Waals surface area (Å²) in [5, 5.41) is 11.6. The average Bonchev–Trinajstić information content (AvgIpc) is 2.27. The summed E-state index contributed by atoms with van der Waals surface area (Å²) < 4.78 is 12.6. The fourth-order valence-electron chi connectivity index (χ4n) is 1.10. The van der Waals surface area contributed by atoms with E-state index in [1.54, 1.807) is 30.9 Å². The number of halogens is 1. The van der Waals surface area contributed by atoms with Gasteiger partial charge in [0.05, 0.1) is 12.1 Å². The van der Waals surface area contributed by atoms with Crippen LogP contribution in [0.15, 0.2) is 29.2 Å². The fourth-order valence-corrected chi connectivity index (χ4v) is 2.02. The lowest BCUT2D eigenvalue weighted by atomic mass is 10.3. The zero-order valence-corrected chi connectivity index (χ0v) is 9.35. The molecule has 0 saturated carbocycles. The molecule has 2 nitrogen and oxygen atoms in total. The number of nitriles is 1. The van der Waals surface area contributed by atoms with Gasteiger partial charge < -0.3 is 5.32 Å². The minimum Gasteiger partial charge on any atom is -0.305 e. The lowest BCUT2D eigenvalue weighted by Gasteiger charge is -2.06. The van der Waals surface area contributed by atoms with Gasteiger partial charge in [0.15, 0.2) is 0 Å². The normalized spacial score (nSPS) is 12.1. The number of nitrogens with zero attached hydrogens (tertiary/aromatic N) is 1. The molecule has 1 aromatic rings. The first-order valence-corrected chi connectivity index (χ1v) is 5.70. The van der Waals surface area contributed by atoms with Crippen molar-refractivity contribution in [2.75, 3.05) is 12.8 Å². The van der Waals surface area contributed by atoms with E-state index in [1.807, 2.05) is 0 Å². The highest BCUT2D eigenvalue weighted by Crippen LogP contribution is 2.19. The number of thioether (sulfide) groups is 1. The smallest absolute Gasteiger partial charge is 0.123 e. The van der Waals surface area contributed by atoms with E-state index < -0.39 is 0 Å². The third-order valence-electron chi connectivity index (χ3n) is 1.99. The number of nitrogens with one attached hydrogen (secondary N) is 1. The molecule has 80 valence electrons. The van der Waals surface area contributed by atoms with Gasteiger partial charge in [-0.25, -0.2) is 4.39 Å². The van der Waals surface area contributed by atoms with E-state index in [1.165, 1.54) is 12.1 Å². The first-order chi connectivity index (χ1) is 7.26. The van der Waals surface area contributed by atoms with Crippen molar-refractivity contribution in [1.29, 1.82) is 5.26 Å².